The number of carbonyl (C=O) groups excluding carboxylic acids is 1. The first-order valence-electron chi connectivity index (χ1n) is 11.0. The van der Waals surface area contributed by atoms with E-state index in [9.17, 15) is 4.79 Å². The van der Waals surface area contributed by atoms with E-state index in [1.54, 1.807) is 19.4 Å². The maximum atomic E-state index is 12.4. The first-order chi connectivity index (χ1) is 17.2. The van der Waals surface area contributed by atoms with E-state index in [2.05, 4.69) is 20.7 Å². The summed E-state index contributed by atoms with van der Waals surface area (Å²) in [7, 11) is 1.58. The summed E-state index contributed by atoms with van der Waals surface area (Å²) in [6, 6.07) is 25.1. The van der Waals surface area contributed by atoms with Crippen molar-refractivity contribution in [2.24, 2.45) is 5.10 Å². The molecule has 0 atom stereocenters. The molecule has 0 bridgehead atoms. The maximum absolute atomic E-state index is 12.4. The molecule has 0 spiro atoms. The molecule has 1 aromatic heterocycles. The number of hydrazone groups is 1. The second-order valence-corrected chi connectivity index (χ2v) is 8.21. The Morgan fingerprint density at radius 3 is 2.49 bits per heavy atom. The van der Waals surface area contributed by atoms with Crippen molar-refractivity contribution < 1.29 is 14.3 Å². The smallest absolute Gasteiger partial charge is 0.250 e. The number of hydrogen-bond acceptors (Lipinski definition) is 7. The fourth-order valence-electron chi connectivity index (χ4n) is 3.33. The van der Waals surface area contributed by atoms with Crippen molar-refractivity contribution >= 4 is 23.9 Å². The van der Waals surface area contributed by atoms with Crippen molar-refractivity contribution in [3.63, 3.8) is 0 Å². The molecule has 4 aromatic rings. The molecule has 0 radical (unpaired) electrons. The van der Waals surface area contributed by atoms with Crippen molar-refractivity contribution in [1.29, 1.82) is 0 Å². The number of nitrogens with one attached hydrogen (secondary N) is 1. The van der Waals surface area contributed by atoms with Crippen molar-refractivity contribution in [1.82, 2.24) is 20.2 Å². The molecule has 1 amide bonds. The molecule has 1 N–H and O–H groups in total. The van der Waals surface area contributed by atoms with Gasteiger partial charge >= 0.3 is 0 Å². The minimum atomic E-state index is -0.256. The van der Waals surface area contributed by atoms with E-state index in [1.165, 1.54) is 11.8 Å². The molecular weight excluding hydrogens is 462 g/mol. The molecule has 0 saturated carbocycles. The Labute approximate surface area is 208 Å². The number of carbonyl (C=O) groups is 1. The van der Waals surface area contributed by atoms with Crippen LogP contribution < -0.4 is 14.9 Å². The van der Waals surface area contributed by atoms with Crippen LogP contribution in [0, 0.1) is 0 Å². The Kier molecular flexibility index (Phi) is 8.13. The summed E-state index contributed by atoms with van der Waals surface area (Å²) in [6.07, 6.45) is 1.56. The maximum Gasteiger partial charge on any atom is 0.250 e. The van der Waals surface area contributed by atoms with Gasteiger partial charge in [-0.3, -0.25) is 9.36 Å². The summed E-state index contributed by atoms with van der Waals surface area (Å²) >= 11 is 1.29. The summed E-state index contributed by atoms with van der Waals surface area (Å²) in [5.41, 5.74) is 5.19. The van der Waals surface area contributed by atoms with Crippen molar-refractivity contribution in [2.45, 2.75) is 12.1 Å². The lowest BCUT2D eigenvalue weighted by Crippen LogP contribution is -2.20. The third-order valence-corrected chi connectivity index (χ3v) is 5.83. The minimum absolute atomic E-state index is 0.129. The number of amides is 1. The Bertz CT molecular complexity index is 1290. The lowest BCUT2D eigenvalue weighted by atomic mass is 10.2. The second kappa shape index (κ2) is 11.8. The Morgan fingerprint density at radius 2 is 1.77 bits per heavy atom. The quantitative estimate of drug-likeness (QED) is 0.200. The Balaban J connectivity index is 1.43. The average molecular weight is 488 g/mol. The number of nitrogens with zero attached hydrogens (tertiary/aromatic N) is 4. The van der Waals surface area contributed by atoms with E-state index in [4.69, 9.17) is 9.47 Å². The van der Waals surface area contributed by atoms with Gasteiger partial charge in [0.2, 0.25) is 0 Å². The highest BCUT2D eigenvalue weighted by molar-refractivity contribution is 7.99. The monoisotopic (exact) mass is 487 g/mol. The molecule has 0 aliphatic heterocycles. The molecule has 0 aliphatic carbocycles. The zero-order chi connectivity index (χ0) is 24.5. The molecule has 1 heterocycles. The molecule has 0 aliphatic rings. The third kappa shape index (κ3) is 6.07. The standard InChI is InChI=1S/C26H25N5O3S/c1-3-34-22-15-14-19(16-23(22)33-2)17-27-28-24(32)18-35-26-30-29-25(20-10-6-4-7-11-20)31(26)21-12-8-5-9-13-21/h4-17H,3,18H2,1-2H3,(H,28,32)/b27-17-. The van der Waals surface area contributed by atoms with Crippen molar-refractivity contribution in [2.75, 3.05) is 19.5 Å². The van der Waals surface area contributed by atoms with Crippen LogP contribution in [0.1, 0.15) is 12.5 Å². The molecule has 35 heavy (non-hydrogen) atoms. The topological polar surface area (TPSA) is 90.6 Å². The van der Waals surface area contributed by atoms with E-state index in [0.29, 0.717) is 29.1 Å². The van der Waals surface area contributed by atoms with Gasteiger partial charge in [0.1, 0.15) is 0 Å². The van der Waals surface area contributed by atoms with Gasteiger partial charge in [-0.2, -0.15) is 5.10 Å². The van der Waals surface area contributed by atoms with E-state index in [0.717, 1.165) is 16.8 Å². The van der Waals surface area contributed by atoms with Gasteiger partial charge in [-0.15, -0.1) is 10.2 Å². The predicted octanol–water partition coefficient (Wildman–Crippen LogP) is 4.58. The van der Waals surface area contributed by atoms with Gasteiger partial charge in [0.25, 0.3) is 5.91 Å². The fourth-order valence-corrected chi connectivity index (χ4v) is 4.07. The highest BCUT2D eigenvalue weighted by atomic mass is 32.2. The predicted molar refractivity (Wildman–Crippen MR) is 137 cm³/mol. The number of thioether (sulfide) groups is 1. The van der Waals surface area contributed by atoms with Gasteiger partial charge in [0.15, 0.2) is 22.5 Å². The summed E-state index contributed by atoms with van der Waals surface area (Å²) in [6.45, 7) is 2.45. The number of para-hydroxylation sites is 1. The van der Waals surface area contributed by atoms with E-state index < -0.39 is 0 Å². The number of benzene rings is 3. The van der Waals surface area contributed by atoms with Gasteiger partial charge < -0.3 is 9.47 Å². The molecule has 0 unspecified atom stereocenters. The second-order valence-electron chi connectivity index (χ2n) is 7.27. The normalized spacial score (nSPS) is 10.9. The molecule has 0 fully saturated rings. The Morgan fingerprint density at radius 1 is 1.03 bits per heavy atom. The summed E-state index contributed by atoms with van der Waals surface area (Å²) in [5.74, 6) is 1.84. The van der Waals surface area contributed by atoms with Gasteiger partial charge in [0, 0.05) is 11.3 Å². The van der Waals surface area contributed by atoms with Crippen LogP contribution in [0.15, 0.2) is 89.1 Å². The fraction of sp³-hybridized carbons (Fsp3) is 0.154. The molecule has 4 rings (SSSR count). The molecule has 3 aromatic carbocycles. The summed E-state index contributed by atoms with van der Waals surface area (Å²) < 4.78 is 12.8. The molecule has 9 heteroatoms. The number of aromatic nitrogens is 3. The average Bonchev–Trinajstić information content (AvgIpc) is 3.33. The lowest BCUT2D eigenvalue weighted by molar-refractivity contribution is -0.118. The van der Waals surface area contributed by atoms with Crippen LogP contribution in [0.4, 0.5) is 0 Å². The van der Waals surface area contributed by atoms with Crippen LogP contribution in [0.5, 0.6) is 11.5 Å². The third-order valence-electron chi connectivity index (χ3n) is 4.90. The van der Waals surface area contributed by atoms with Crippen LogP contribution in [0.3, 0.4) is 0 Å². The zero-order valence-corrected chi connectivity index (χ0v) is 20.2. The SMILES string of the molecule is CCOc1ccc(/C=N\NC(=O)CSc2nnc(-c3ccccc3)n2-c2ccccc2)cc1OC. The number of methoxy groups -OCH3 is 1. The van der Waals surface area contributed by atoms with Crippen LogP contribution in [-0.4, -0.2) is 46.4 Å². The summed E-state index contributed by atoms with van der Waals surface area (Å²) in [4.78, 5) is 12.4. The Hall–Kier alpha value is -4.11. The van der Waals surface area contributed by atoms with Gasteiger partial charge in [-0.05, 0) is 42.8 Å². The van der Waals surface area contributed by atoms with Crippen LogP contribution >= 0.6 is 11.8 Å². The first-order valence-corrected chi connectivity index (χ1v) is 12.0. The van der Waals surface area contributed by atoms with Crippen molar-refractivity contribution in [3.8, 4) is 28.6 Å². The van der Waals surface area contributed by atoms with Gasteiger partial charge in [0.05, 0.1) is 25.7 Å². The molecular formula is C26H25N5O3S. The van der Waals surface area contributed by atoms with Gasteiger partial charge in [-0.25, -0.2) is 5.43 Å². The van der Waals surface area contributed by atoms with Gasteiger partial charge in [-0.1, -0.05) is 60.3 Å². The minimum Gasteiger partial charge on any atom is -0.493 e. The number of ether oxygens (including phenoxy) is 2. The highest BCUT2D eigenvalue weighted by Gasteiger charge is 2.17. The van der Waals surface area contributed by atoms with Crippen LogP contribution in [-0.2, 0) is 4.79 Å². The summed E-state index contributed by atoms with van der Waals surface area (Å²) in [5, 5.41) is 13.4. The highest BCUT2D eigenvalue weighted by Crippen LogP contribution is 2.28. The largest absolute Gasteiger partial charge is 0.493 e. The molecule has 0 saturated heterocycles. The van der Waals surface area contributed by atoms with Crippen LogP contribution in [0.2, 0.25) is 0 Å². The van der Waals surface area contributed by atoms with E-state index in [1.807, 2.05) is 84.3 Å². The van der Waals surface area contributed by atoms with E-state index >= 15 is 0 Å². The van der Waals surface area contributed by atoms with Crippen LogP contribution in [0.25, 0.3) is 17.1 Å². The lowest BCUT2D eigenvalue weighted by Gasteiger charge is -2.10. The number of rotatable bonds is 10. The first kappa shape index (κ1) is 24.0. The van der Waals surface area contributed by atoms with Crippen molar-refractivity contribution in [3.05, 3.63) is 84.4 Å². The molecule has 178 valence electrons. The number of hydrogen-bond donors (Lipinski definition) is 1. The molecule has 8 nitrogen and oxygen atoms in total. The zero-order valence-electron chi connectivity index (χ0n) is 19.4. The van der Waals surface area contributed by atoms with E-state index in [-0.39, 0.29) is 11.7 Å².